The Morgan fingerprint density at radius 1 is 1.00 bits per heavy atom. The van der Waals surface area contributed by atoms with Crippen LogP contribution in [0, 0.1) is 11.3 Å². The molecule has 16 heavy (non-hydrogen) atoms. The van der Waals surface area contributed by atoms with E-state index in [1.165, 1.54) is 58.7 Å². The highest BCUT2D eigenvalue weighted by Gasteiger charge is 2.43. The van der Waals surface area contributed by atoms with Gasteiger partial charge in [-0.2, -0.15) is 0 Å². The predicted octanol–water partition coefficient (Wildman–Crippen LogP) is 0.576. The van der Waals surface area contributed by atoms with Crippen LogP contribution >= 0.6 is 0 Å². The van der Waals surface area contributed by atoms with Gasteiger partial charge in [0.05, 0.1) is 0 Å². The fraction of sp³-hybridized carbons (Fsp3) is 1.00. The van der Waals surface area contributed by atoms with Crippen molar-refractivity contribution in [1.29, 1.82) is 0 Å². The number of hydrogen-bond donors (Lipinski definition) is 0. The van der Waals surface area contributed by atoms with Gasteiger partial charge in [-0.25, -0.2) is 0 Å². The Labute approximate surface area is 99.4 Å². The molecule has 3 heterocycles. The Morgan fingerprint density at radius 2 is 1.62 bits per heavy atom. The molecule has 0 bridgehead atoms. The Hall–Kier alpha value is -0.120. The first-order valence-electron chi connectivity index (χ1n) is 6.75. The monoisotopic (exact) mass is 223 g/mol. The summed E-state index contributed by atoms with van der Waals surface area (Å²) in [5, 5.41) is 0. The van der Waals surface area contributed by atoms with Gasteiger partial charge in [-0.15, -0.1) is 0 Å². The van der Waals surface area contributed by atoms with E-state index in [1.54, 1.807) is 0 Å². The molecule has 0 atom stereocenters. The van der Waals surface area contributed by atoms with Crippen LogP contribution in [0.3, 0.4) is 0 Å². The Kier molecular flexibility index (Phi) is 2.73. The molecule has 0 aliphatic carbocycles. The topological polar surface area (TPSA) is 9.72 Å². The zero-order chi connectivity index (χ0) is 11.2. The van der Waals surface area contributed by atoms with Gasteiger partial charge in [0.1, 0.15) is 0 Å². The molecule has 3 saturated heterocycles. The fourth-order valence-electron chi connectivity index (χ4n) is 3.93. The molecule has 0 aromatic carbocycles. The first-order chi connectivity index (χ1) is 7.65. The molecule has 0 saturated carbocycles. The van der Waals surface area contributed by atoms with Crippen molar-refractivity contribution in [3.8, 4) is 0 Å². The van der Waals surface area contributed by atoms with Crippen molar-refractivity contribution in [2.24, 2.45) is 11.3 Å². The summed E-state index contributed by atoms with van der Waals surface area (Å²) >= 11 is 0. The highest BCUT2D eigenvalue weighted by molar-refractivity contribution is 4.97. The second kappa shape index (κ2) is 3.97. The molecular weight excluding hydrogens is 198 g/mol. The summed E-state index contributed by atoms with van der Waals surface area (Å²) < 4.78 is 0. The maximum Gasteiger partial charge on any atom is 0.00484 e. The number of piperidine rings is 1. The largest absolute Gasteiger partial charge is 0.306 e. The number of likely N-dealkylation sites (tertiary alicyclic amines) is 3. The summed E-state index contributed by atoms with van der Waals surface area (Å²) in [6, 6.07) is 0. The van der Waals surface area contributed by atoms with E-state index in [0.29, 0.717) is 0 Å². The molecule has 0 N–H and O–H groups in total. The second-order valence-electron chi connectivity index (χ2n) is 6.56. The molecule has 0 radical (unpaired) electrons. The van der Waals surface area contributed by atoms with Crippen molar-refractivity contribution in [1.82, 2.24) is 14.7 Å². The lowest BCUT2D eigenvalue weighted by molar-refractivity contribution is -0.0390. The summed E-state index contributed by atoms with van der Waals surface area (Å²) in [7, 11) is 4.48. The molecule has 0 aromatic rings. The van der Waals surface area contributed by atoms with Crippen LogP contribution in [0.15, 0.2) is 0 Å². The molecule has 0 unspecified atom stereocenters. The molecule has 3 aliphatic rings. The van der Waals surface area contributed by atoms with Crippen molar-refractivity contribution in [3.05, 3.63) is 0 Å². The van der Waals surface area contributed by atoms with Gasteiger partial charge < -0.3 is 14.7 Å². The normalized spacial score (nSPS) is 32.6. The van der Waals surface area contributed by atoms with Gasteiger partial charge in [0, 0.05) is 32.7 Å². The van der Waals surface area contributed by atoms with Crippen LogP contribution in [0.1, 0.15) is 12.8 Å². The standard InChI is InChI=1S/C13H25N3/c1-14-7-12(8-14)9-16-5-3-13(4-6-16)10-15(2)11-13/h12H,3-11H2,1-2H3. The predicted molar refractivity (Wildman–Crippen MR) is 66.6 cm³/mol. The van der Waals surface area contributed by atoms with Gasteiger partial charge in [-0.05, 0) is 51.4 Å². The van der Waals surface area contributed by atoms with Crippen LogP contribution in [0.4, 0.5) is 0 Å². The Morgan fingerprint density at radius 3 is 2.12 bits per heavy atom. The molecule has 92 valence electrons. The van der Waals surface area contributed by atoms with Gasteiger partial charge in [0.15, 0.2) is 0 Å². The van der Waals surface area contributed by atoms with Crippen LogP contribution in [-0.4, -0.2) is 74.6 Å². The minimum atomic E-state index is 0.724. The van der Waals surface area contributed by atoms with Crippen LogP contribution in [0.5, 0.6) is 0 Å². The molecule has 3 rings (SSSR count). The SMILES string of the molecule is CN1CC(CN2CCC3(CC2)CN(C)C3)C1. The third kappa shape index (κ3) is 2.01. The van der Waals surface area contributed by atoms with Gasteiger partial charge in [-0.1, -0.05) is 0 Å². The minimum Gasteiger partial charge on any atom is -0.306 e. The molecule has 1 spiro atoms. The molecular formula is C13H25N3. The quantitative estimate of drug-likeness (QED) is 0.678. The molecule has 0 aromatic heterocycles. The molecule has 3 aliphatic heterocycles. The van der Waals surface area contributed by atoms with Crippen LogP contribution < -0.4 is 0 Å². The first kappa shape index (κ1) is 11.0. The maximum atomic E-state index is 2.71. The van der Waals surface area contributed by atoms with E-state index in [1.807, 2.05) is 0 Å². The van der Waals surface area contributed by atoms with E-state index < -0.39 is 0 Å². The summed E-state index contributed by atoms with van der Waals surface area (Å²) in [6.07, 6.45) is 2.89. The zero-order valence-electron chi connectivity index (χ0n) is 10.8. The fourth-order valence-corrected chi connectivity index (χ4v) is 3.93. The van der Waals surface area contributed by atoms with Gasteiger partial charge in [0.2, 0.25) is 0 Å². The molecule has 0 amide bonds. The van der Waals surface area contributed by atoms with Crippen molar-refractivity contribution in [3.63, 3.8) is 0 Å². The van der Waals surface area contributed by atoms with Crippen LogP contribution in [0.2, 0.25) is 0 Å². The van der Waals surface area contributed by atoms with E-state index in [4.69, 9.17) is 0 Å². The van der Waals surface area contributed by atoms with Crippen molar-refractivity contribution in [2.75, 3.05) is 59.9 Å². The van der Waals surface area contributed by atoms with Crippen molar-refractivity contribution >= 4 is 0 Å². The lowest BCUT2D eigenvalue weighted by atomic mass is 9.72. The van der Waals surface area contributed by atoms with E-state index in [2.05, 4.69) is 28.8 Å². The van der Waals surface area contributed by atoms with E-state index in [9.17, 15) is 0 Å². The summed E-state index contributed by atoms with van der Waals surface area (Å²) in [5.41, 5.74) is 0.724. The van der Waals surface area contributed by atoms with E-state index in [0.717, 1.165) is 11.3 Å². The summed E-state index contributed by atoms with van der Waals surface area (Å²) in [4.78, 5) is 7.61. The Balaban J connectivity index is 1.41. The van der Waals surface area contributed by atoms with Gasteiger partial charge in [0.25, 0.3) is 0 Å². The Bertz CT molecular complexity index is 244. The number of rotatable bonds is 2. The van der Waals surface area contributed by atoms with E-state index in [-0.39, 0.29) is 0 Å². The smallest absolute Gasteiger partial charge is 0.00484 e. The highest BCUT2D eigenvalue weighted by atomic mass is 15.2. The zero-order valence-corrected chi connectivity index (χ0v) is 10.8. The lowest BCUT2D eigenvalue weighted by Gasteiger charge is -2.53. The average Bonchev–Trinajstić information content (AvgIpc) is 2.17. The third-order valence-corrected chi connectivity index (χ3v) is 4.78. The number of hydrogen-bond acceptors (Lipinski definition) is 3. The van der Waals surface area contributed by atoms with Gasteiger partial charge >= 0.3 is 0 Å². The lowest BCUT2D eigenvalue weighted by Crippen LogP contribution is -2.59. The minimum absolute atomic E-state index is 0.724. The van der Waals surface area contributed by atoms with Crippen molar-refractivity contribution in [2.45, 2.75) is 12.8 Å². The average molecular weight is 223 g/mol. The van der Waals surface area contributed by atoms with Crippen LogP contribution in [0.25, 0.3) is 0 Å². The van der Waals surface area contributed by atoms with Crippen LogP contribution in [-0.2, 0) is 0 Å². The second-order valence-corrected chi connectivity index (χ2v) is 6.56. The van der Waals surface area contributed by atoms with Crippen molar-refractivity contribution < 1.29 is 0 Å². The molecule has 3 nitrogen and oxygen atoms in total. The molecule has 3 fully saturated rings. The molecule has 3 heteroatoms. The summed E-state index contributed by atoms with van der Waals surface area (Å²) in [5.74, 6) is 0.961. The highest BCUT2D eigenvalue weighted by Crippen LogP contribution is 2.39. The maximum absolute atomic E-state index is 2.71. The summed E-state index contributed by atoms with van der Waals surface area (Å²) in [6.45, 7) is 9.42. The number of nitrogens with zero attached hydrogens (tertiary/aromatic N) is 3. The first-order valence-corrected chi connectivity index (χ1v) is 6.75. The third-order valence-electron chi connectivity index (χ3n) is 4.78. The van der Waals surface area contributed by atoms with Gasteiger partial charge in [-0.3, -0.25) is 0 Å². The van der Waals surface area contributed by atoms with E-state index >= 15 is 0 Å².